The molecule has 6 aromatic rings. The average molecular weight is 1200 g/mol. The molecule has 2 aliphatic carbocycles. The van der Waals surface area contributed by atoms with Crippen molar-refractivity contribution in [2.45, 2.75) is 81.7 Å². The predicted molar refractivity (Wildman–Crippen MR) is 305 cm³/mol. The molecule has 10 rings (SSSR count). The van der Waals surface area contributed by atoms with Crippen LogP contribution in [0.5, 0.6) is 28.7 Å². The van der Waals surface area contributed by atoms with Crippen molar-refractivity contribution in [1.29, 1.82) is 0 Å². The molecule has 0 radical (unpaired) electrons. The lowest BCUT2D eigenvalue weighted by Gasteiger charge is -2.42. The second-order valence-electron chi connectivity index (χ2n) is 21.5. The highest BCUT2D eigenvalue weighted by Crippen LogP contribution is 2.53. The number of nitrogens with one attached hydrogen (secondary N) is 2. The molecule has 4 aromatic carbocycles. The van der Waals surface area contributed by atoms with E-state index in [1.807, 2.05) is 0 Å². The van der Waals surface area contributed by atoms with Crippen LogP contribution in [-0.4, -0.2) is 186 Å². The number of carbonyl (C=O) groups excluding carboxylic acids is 8. The van der Waals surface area contributed by atoms with Gasteiger partial charge in [0.2, 0.25) is 17.5 Å². The smallest absolute Gasteiger partial charge is 0.306 e. The molecular weight excluding hydrogens is 1130 g/mol. The van der Waals surface area contributed by atoms with Crippen LogP contribution in [0.2, 0.25) is 0 Å². The number of ketones is 4. The molecule has 0 spiro atoms. The summed E-state index contributed by atoms with van der Waals surface area (Å²) in [5, 5.41) is 49.3. The van der Waals surface area contributed by atoms with Crippen LogP contribution in [0.4, 0.5) is 0 Å². The number of H-pyrrole nitrogens is 1. The molecule has 25 nitrogen and oxygen atoms in total. The van der Waals surface area contributed by atoms with Crippen LogP contribution in [0.1, 0.15) is 109 Å². The zero-order valence-corrected chi connectivity index (χ0v) is 47.8. The first-order valence-corrected chi connectivity index (χ1v) is 28.3. The molecule has 87 heavy (non-hydrogen) atoms. The predicted octanol–water partition coefficient (Wildman–Crippen LogP) is 3.85. The van der Waals surface area contributed by atoms with Crippen molar-refractivity contribution in [3.63, 3.8) is 0 Å². The number of hydrogen-bond donors (Lipinski definition) is 7. The first-order chi connectivity index (χ1) is 41.8. The van der Waals surface area contributed by atoms with Gasteiger partial charge in [-0.15, -0.1) is 0 Å². The van der Waals surface area contributed by atoms with Gasteiger partial charge in [-0.2, -0.15) is 0 Å². The van der Waals surface area contributed by atoms with Gasteiger partial charge in [0, 0.05) is 105 Å². The van der Waals surface area contributed by atoms with Crippen molar-refractivity contribution >= 4 is 57.7 Å². The number of aromatic nitrogens is 1. The van der Waals surface area contributed by atoms with Gasteiger partial charge in [0.05, 0.1) is 85.2 Å². The standard InChI is InChI=1S/C62H65N5O20/c1-32-54(71)39(63)27-47(86-32)87-43-29-62(79,28-37-50(43)59(76)52-51(56(37)73)55(72)36-10-5-11-41(80-2)49(36)58(52)75)44(68)31-85-46(70)14-6-13-45(69)64-17-23-82-24-25-83-34-9-4-8-33(26-34)60(77)66-18-20-67(21-19-66)61(78)57(74)38-30-65-53-35(40-12-7-22-84-40)15-16-42(81-3)48(38)53/h4-5,7-12,15-16,22,26,30,32,39,43,47,54,65,71,73,76,79H,6,13-14,17-21,23-25,27-29,31,63H2,1-3H3,(H,64,69)/t32-,39-,43-,47-,54+,62-/m0/s1. The number of nitrogens with zero attached hydrogens (tertiary/aromatic N) is 2. The van der Waals surface area contributed by atoms with E-state index < -0.39 is 119 Å². The van der Waals surface area contributed by atoms with Crippen molar-refractivity contribution < 1.29 is 96.4 Å². The maximum absolute atomic E-state index is 14.1. The molecule has 4 aliphatic rings. The molecule has 0 unspecified atom stereocenters. The number of aromatic hydroxyl groups is 2. The number of ether oxygens (including phenoxy) is 7. The number of Topliss-reactive ketones (excluding diaryl/α,β-unsaturated/α-hetero) is 2. The number of methoxy groups -OCH3 is 2. The molecule has 2 saturated heterocycles. The number of rotatable bonds is 22. The van der Waals surface area contributed by atoms with Crippen LogP contribution >= 0.6 is 0 Å². The Balaban J connectivity index is 0.645. The fraction of sp³-hybridized carbons (Fsp3) is 0.387. The van der Waals surface area contributed by atoms with E-state index in [1.165, 1.54) is 43.5 Å². The van der Waals surface area contributed by atoms with Crippen molar-refractivity contribution in [2.24, 2.45) is 5.73 Å². The van der Waals surface area contributed by atoms with Crippen molar-refractivity contribution in [2.75, 3.05) is 73.4 Å². The quantitative estimate of drug-likeness (QED) is 0.0167. The lowest BCUT2D eigenvalue weighted by atomic mass is 9.72. The monoisotopic (exact) mass is 1200 g/mol. The van der Waals surface area contributed by atoms with Crippen molar-refractivity contribution in [3.8, 4) is 40.1 Å². The van der Waals surface area contributed by atoms with Gasteiger partial charge in [0.15, 0.2) is 18.7 Å². The molecule has 2 aromatic heterocycles. The molecule has 6 atom stereocenters. The second kappa shape index (κ2) is 25.9. The number of benzene rings is 4. The van der Waals surface area contributed by atoms with Gasteiger partial charge < -0.3 is 83.8 Å². The van der Waals surface area contributed by atoms with Crippen molar-refractivity contribution in [3.05, 3.63) is 124 Å². The van der Waals surface area contributed by atoms with Gasteiger partial charge in [-0.05, 0) is 61.9 Å². The molecule has 4 heterocycles. The summed E-state index contributed by atoms with van der Waals surface area (Å²) in [5.41, 5.74) is 3.68. The number of furan rings is 1. The summed E-state index contributed by atoms with van der Waals surface area (Å²) in [6.07, 6.45) is -3.23. The number of piperazine rings is 1. The van der Waals surface area contributed by atoms with Gasteiger partial charge >= 0.3 is 5.97 Å². The number of phenols is 2. The third-order valence-electron chi connectivity index (χ3n) is 16.1. The Labute approximate surface area is 497 Å². The van der Waals surface area contributed by atoms with Crippen LogP contribution in [0.25, 0.3) is 22.2 Å². The number of nitrogens with two attached hydrogens (primary N) is 1. The van der Waals surface area contributed by atoms with Crippen LogP contribution < -0.4 is 25.3 Å². The minimum atomic E-state index is -2.44. The Bertz CT molecular complexity index is 3650. The fourth-order valence-corrected chi connectivity index (χ4v) is 11.5. The topological polar surface area (TPSA) is 356 Å². The summed E-state index contributed by atoms with van der Waals surface area (Å²) in [5.74, 6) is -5.71. The largest absolute Gasteiger partial charge is 0.507 e. The summed E-state index contributed by atoms with van der Waals surface area (Å²) < 4.78 is 45.2. The number of aliphatic hydroxyl groups is 2. The van der Waals surface area contributed by atoms with E-state index in [0.29, 0.717) is 39.3 Å². The van der Waals surface area contributed by atoms with Gasteiger partial charge in [-0.3, -0.25) is 38.4 Å². The van der Waals surface area contributed by atoms with Gasteiger partial charge in [0.1, 0.15) is 46.7 Å². The normalized spacial score (nSPS) is 20.7. The van der Waals surface area contributed by atoms with E-state index in [-0.39, 0.29) is 118 Å². The number of fused-ring (bicyclic) bond motifs is 4. The number of aliphatic hydroxyl groups excluding tert-OH is 1. The molecule has 25 heteroatoms. The minimum Gasteiger partial charge on any atom is -0.507 e. The number of carbonyl (C=O) groups is 8. The fourth-order valence-electron chi connectivity index (χ4n) is 11.5. The highest BCUT2D eigenvalue weighted by molar-refractivity contribution is 6.45. The summed E-state index contributed by atoms with van der Waals surface area (Å²) >= 11 is 0. The second-order valence-corrected chi connectivity index (χ2v) is 21.5. The Morgan fingerprint density at radius 1 is 0.839 bits per heavy atom. The Morgan fingerprint density at radius 3 is 2.32 bits per heavy atom. The maximum atomic E-state index is 14.1. The van der Waals surface area contributed by atoms with E-state index >= 15 is 0 Å². The number of phenolic OH excluding ortho intramolecular Hbond substituents is 2. The van der Waals surface area contributed by atoms with Crippen LogP contribution in [0.3, 0.4) is 0 Å². The molecule has 2 fully saturated rings. The van der Waals surface area contributed by atoms with Gasteiger partial charge in [-0.25, -0.2) is 0 Å². The van der Waals surface area contributed by atoms with Crippen molar-refractivity contribution in [1.82, 2.24) is 20.1 Å². The molecule has 2 aliphatic heterocycles. The highest BCUT2D eigenvalue weighted by atomic mass is 16.7. The van der Waals surface area contributed by atoms with E-state index in [1.54, 1.807) is 66.6 Å². The van der Waals surface area contributed by atoms with E-state index in [9.17, 15) is 58.8 Å². The van der Waals surface area contributed by atoms with Crippen LogP contribution in [0.15, 0.2) is 83.6 Å². The summed E-state index contributed by atoms with van der Waals surface area (Å²) in [6.45, 7) is 1.81. The SMILES string of the molecule is COc1cccc2c1C(=O)c1c(O)c3c(c(O)c1C2=O)C[C@@](O)(C(=O)COC(=O)CCCC(=O)NCCOCCOc1cccc(C(=O)N2CCN(C(=O)C(=O)c4c[nH]c5c(-c6ccco6)ccc(OC)c45)CC2)c1)C[C@@H]3O[C@H]1C[C@H](N)[C@H](O)[C@H](C)O1. The van der Waals surface area contributed by atoms with Crippen LogP contribution in [-0.2, 0) is 44.5 Å². The zero-order valence-electron chi connectivity index (χ0n) is 47.8. The molecule has 8 N–H and O–H groups in total. The first-order valence-electron chi connectivity index (χ1n) is 28.3. The maximum Gasteiger partial charge on any atom is 0.306 e. The van der Waals surface area contributed by atoms with Crippen LogP contribution in [0, 0.1) is 0 Å². The lowest BCUT2D eigenvalue weighted by Crippen LogP contribution is -2.53. The molecule has 3 amide bonds. The third kappa shape index (κ3) is 12.4. The number of amides is 3. The average Bonchev–Trinajstić information content (AvgIpc) is 1.22. The first kappa shape index (κ1) is 61.1. The summed E-state index contributed by atoms with van der Waals surface area (Å²) in [7, 11) is 2.78. The Hall–Kier alpha value is -8.98. The van der Waals surface area contributed by atoms with E-state index in [2.05, 4.69) is 10.3 Å². The Kier molecular flexibility index (Phi) is 18.2. The zero-order chi connectivity index (χ0) is 61.8. The third-order valence-corrected chi connectivity index (χ3v) is 16.1. The summed E-state index contributed by atoms with van der Waals surface area (Å²) in [4.78, 5) is 114. The van der Waals surface area contributed by atoms with E-state index in [4.69, 9.17) is 43.3 Å². The molecule has 0 bridgehead atoms. The highest BCUT2D eigenvalue weighted by Gasteiger charge is 2.51. The van der Waals surface area contributed by atoms with Gasteiger partial charge in [0.25, 0.3) is 17.6 Å². The number of aromatic amines is 1. The summed E-state index contributed by atoms with van der Waals surface area (Å²) in [6, 6.07) is 17.1. The molecule has 458 valence electrons. The minimum absolute atomic E-state index is 0.0360. The van der Waals surface area contributed by atoms with E-state index in [0.717, 1.165) is 0 Å². The molecule has 0 saturated carbocycles. The Morgan fingerprint density at radius 2 is 1.59 bits per heavy atom. The molecular formula is C62H65N5O20. The number of hydrogen-bond acceptors (Lipinski definition) is 21. The lowest BCUT2D eigenvalue weighted by molar-refractivity contribution is -0.247. The number of esters is 1. The van der Waals surface area contributed by atoms with Gasteiger partial charge in [-0.1, -0.05) is 18.2 Å².